The Hall–Kier alpha value is -2.10. The number of piperidine rings is 1. The van der Waals surface area contributed by atoms with Crippen LogP contribution in [0, 0.1) is 18.8 Å². The Bertz CT molecular complexity index is 858. The third-order valence-corrected chi connectivity index (χ3v) is 6.18. The van der Waals surface area contributed by atoms with Gasteiger partial charge in [-0.2, -0.15) is 0 Å². The molecule has 1 aromatic carbocycles. The Morgan fingerprint density at radius 1 is 1.12 bits per heavy atom. The lowest BCUT2D eigenvalue weighted by Crippen LogP contribution is -2.38. The number of carbonyl (C=O) groups excluding carboxylic acids is 1. The number of para-hydroxylation sites is 1. The normalized spacial score (nSPS) is 18.4. The van der Waals surface area contributed by atoms with Gasteiger partial charge in [0, 0.05) is 41.7 Å². The number of rotatable bonds is 5. The van der Waals surface area contributed by atoms with Crippen molar-refractivity contribution in [2.24, 2.45) is 11.8 Å². The minimum atomic E-state index is 0.148. The second kappa shape index (κ2) is 7.26. The van der Waals surface area contributed by atoms with Gasteiger partial charge in [0.2, 0.25) is 5.91 Å². The zero-order chi connectivity index (χ0) is 18.1. The number of nitrogens with one attached hydrogen (secondary N) is 1. The topological polar surface area (TPSA) is 53.2 Å². The molecule has 2 heterocycles. The van der Waals surface area contributed by atoms with E-state index in [-0.39, 0.29) is 5.43 Å². The molecule has 2 aromatic rings. The van der Waals surface area contributed by atoms with Crippen LogP contribution in [-0.4, -0.2) is 28.9 Å². The van der Waals surface area contributed by atoms with E-state index >= 15 is 0 Å². The largest absolute Gasteiger partial charge is 0.358 e. The molecular weight excluding hydrogens is 324 g/mol. The van der Waals surface area contributed by atoms with E-state index < -0.39 is 0 Å². The van der Waals surface area contributed by atoms with E-state index in [1.54, 1.807) is 0 Å². The first-order chi connectivity index (χ1) is 12.6. The van der Waals surface area contributed by atoms with Gasteiger partial charge in [-0.05, 0) is 69.4 Å². The van der Waals surface area contributed by atoms with Crippen molar-refractivity contribution in [1.82, 2.24) is 9.88 Å². The van der Waals surface area contributed by atoms with Gasteiger partial charge in [-0.1, -0.05) is 12.1 Å². The van der Waals surface area contributed by atoms with Gasteiger partial charge in [-0.3, -0.25) is 9.59 Å². The maximum atomic E-state index is 12.5. The van der Waals surface area contributed by atoms with Gasteiger partial charge >= 0.3 is 0 Å². The summed E-state index contributed by atoms with van der Waals surface area (Å²) in [5, 5.41) is 0.774. The lowest BCUT2D eigenvalue weighted by atomic mass is 9.90. The summed E-state index contributed by atoms with van der Waals surface area (Å²) in [7, 11) is 0. The number of nitrogens with zero attached hydrogens (tertiary/aromatic N) is 1. The Kier molecular flexibility index (Phi) is 4.84. The number of aromatic amines is 1. The van der Waals surface area contributed by atoms with Crippen LogP contribution in [0.4, 0.5) is 0 Å². The van der Waals surface area contributed by atoms with Gasteiger partial charge < -0.3 is 9.88 Å². The van der Waals surface area contributed by atoms with E-state index in [0.29, 0.717) is 17.7 Å². The highest BCUT2D eigenvalue weighted by atomic mass is 16.2. The fourth-order valence-corrected chi connectivity index (χ4v) is 4.15. The summed E-state index contributed by atoms with van der Waals surface area (Å²) < 4.78 is 0. The Balaban J connectivity index is 1.35. The monoisotopic (exact) mass is 352 g/mol. The predicted molar refractivity (Wildman–Crippen MR) is 104 cm³/mol. The number of amides is 1. The second-order valence-corrected chi connectivity index (χ2v) is 8.11. The van der Waals surface area contributed by atoms with Crippen molar-refractivity contribution in [3.05, 3.63) is 45.7 Å². The fraction of sp³-hybridized carbons (Fsp3) is 0.545. The number of H-pyrrole nitrogens is 1. The highest BCUT2D eigenvalue weighted by molar-refractivity contribution is 5.79. The number of hydrogen-bond donors (Lipinski definition) is 1. The molecule has 138 valence electrons. The quantitative estimate of drug-likeness (QED) is 0.890. The second-order valence-electron chi connectivity index (χ2n) is 8.11. The molecule has 4 rings (SSSR count). The molecule has 2 fully saturated rings. The molecule has 2 aliphatic rings. The van der Waals surface area contributed by atoms with Crippen molar-refractivity contribution in [2.45, 2.75) is 51.9 Å². The van der Waals surface area contributed by atoms with E-state index in [2.05, 4.69) is 9.88 Å². The summed E-state index contributed by atoms with van der Waals surface area (Å²) >= 11 is 0. The fourth-order valence-electron chi connectivity index (χ4n) is 4.15. The Labute approximate surface area is 154 Å². The summed E-state index contributed by atoms with van der Waals surface area (Å²) in [4.78, 5) is 30.3. The molecule has 1 N–H and O–H groups in total. The number of carbonyl (C=O) groups is 1. The number of aryl methyl sites for hydroxylation is 1. The highest BCUT2D eigenvalue weighted by Gasteiger charge is 2.29. The van der Waals surface area contributed by atoms with E-state index in [1.165, 1.54) is 12.8 Å². The Morgan fingerprint density at radius 3 is 2.58 bits per heavy atom. The van der Waals surface area contributed by atoms with Gasteiger partial charge in [-0.15, -0.1) is 0 Å². The van der Waals surface area contributed by atoms with Crippen LogP contribution in [0.3, 0.4) is 0 Å². The minimum absolute atomic E-state index is 0.148. The summed E-state index contributed by atoms with van der Waals surface area (Å²) in [5.41, 5.74) is 3.00. The summed E-state index contributed by atoms with van der Waals surface area (Å²) in [6.45, 7) is 3.74. The first-order valence-electron chi connectivity index (χ1n) is 10.00. The van der Waals surface area contributed by atoms with Gasteiger partial charge in [0.25, 0.3) is 0 Å². The molecular formula is C22H28N2O2. The molecule has 0 unspecified atom stereocenters. The van der Waals surface area contributed by atoms with E-state index in [1.807, 2.05) is 31.2 Å². The number of fused-ring (bicyclic) bond motifs is 1. The van der Waals surface area contributed by atoms with Crippen LogP contribution in [0.15, 0.2) is 29.1 Å². The molecule has 0 spiro atoms. The van der Waals surface area contributed by atoms with Crippen LogP contribution >= 0.6 is 0 Å². The molecule has 4 heteroatoms. The summed E-state index contributed by atoms with van der Waals surface area (Å²) in [6, 6.07) is 7.74. The molecule has 0 radical (unpaired) electrons. The molecule has 1 aromatic heterocycles. The number of benzene rings is 1. The van der Waals surface area contributed by atoms with Crippen LogP contribution in [0.2, 0.25) is 0 Å². The number of hydrogen-bond acceptors (Lipinski definition) is 2. The van der Waals surface area contributed by atoms with Crippen LogP contribution in [0.5, 0.6) is 0 Å². The number of likely N-dealkylation sites (tertiary alicyclic amines) is 1. The van der Waals surface area contributed by atoms with E-state index in [9.17, 15) is 9.59 Å². The average Bonchev–Trinajstić information content (AvgIpc) is 3.48. The molecule has 1 aliphatic heterocycles. The number of pyridine rings is 1. The van der Waals surface area contributed by atoms with Crippen molar-refractivity contribution in [3.8, 4) is 0 Å². The van der Waals surface area contributed by atoms with Gasteiger partial charge in [0.05, 0.1) is 0 Å². The zero-order valence-electron chi connectivity index (χ0n) is 15.6. The number of aromatic nitrogens is 1. The first-order valence-corrected chi connectivity index (χ1v) is 10.00. The maximum Gasteiger partial charge on any atom is 0.222 e. The van der Waals surface area contributed by atoms with Gasteiger partial charge in [0.1, 0.15) is 0 Å². The predicted octanol–water partition coefficient (Wildman–Crippen LogP) is 3.81. The lowest BCUT2D eigenvalue weighted by molar-refractivity contribution is -0.133. The average molecular weight is 352 g/mol. The van der Waals surface area contributed by atoms with Crippen molar-refractivity contribution in [3.63, 3.8) is 0 Å². The van der Waals surface area contributed by atoms with Crippen LogP contribution < -0.4 is 5.43 Å². The minimum Gasteiger partial charge on any atom is -0.358 e. The van der Waals surface area contributed by atoms with Gasteiger partial charge in [0.15, 0.2) is 5.43 Å². The molecule has 26 heavy (non-hydrogen) atoms. The third kappa shape index (κ3) is 3.69. The van der Waals surface area contributed by atoms with Crippen LogP contribution in [-0.2, 0) is 11.2 Å². The zero-order valence-corrected chi connectivity index (χ0v) is 15.6. The molecule has 4 nitrogen and oxygen atoms in total. The molecule has 1 saturated heterocycles. The van der Waals surface area contributed by atoms with Crippen LogP contribution in [0.1, 0.15) is 49.8 Å². The smallest absolute Gasteiger partial charge is 0.222 e. The maximum absolute atomic E-state index is 12.5. The van der Waals surface area contributed by atoms with Crippen molar-refractivity contribution >= 4 is 16.8 Å². The van der Waals surface area contributed by atoms with E-state index in [4.69, 9.17) is 0 Å². The molecule has 1 aliphatic carbocycles. The molecule has 1 saturated carbocycles. The molecule has 1 amide bonds. The van der Waals surface area contributed by atoms with Crippen molar-refractivity contribution in [2.75, 3.05) is 13.1 Å². The summed E-state index contributed by atoms with van der Waals surface area (Å²) in [6.07, 6.45) is 7.42. The lowest BCUT2D eigenvalue weighted by Gasteiger charge is -2.32. The first kappa shape index (κ1) is 17.3. The SMILES string of the molecule is Cc1c(CCC2CCN(C(=O)CC3CC3)CC2)[nH]c2ccccc2c1=O. The highest BCUT2D eigenvalue weighted by Crippen LogP contribution is 2.33. The van der Waals surface area contributed by atoms with Crippen LogP contribution in [0.25, 0.3) is 10.9 Å². The molecule has 0 bridgehead atoms. The Morgan fingerprint density at radius 2 is 1.85 bits per heavy atom. The van der Waals surface area contributed by atoms with Gasteiger partial charge in [-0.25, -0.2) is 0 Å². The van der Waals surface area contributed by atoms with E-state index in [0.717, 1.165) is 67.4 Å². The summed E-state index contributed by atoms with van der Waals surface area (Å²) in [5.74, 6) is 1.68. The molecule has 0 atom stereocenters. The standard InChI is InChI=1S/C22H28N2O2/c1-15-19(23-20-5-3-2-4-18(20)22(15)26)9-8-16-10-12-24(13-11-16)21(25)14-17-6-7-17/h2-5,16-17H,6-14H2,1H3,(H,23,26). The van der Waals surface area contributed by atoms with Crippen molar-refractivity contribution < 1.29 is 4.79 Å². The third-order valence-electron chi connectivity index (χ3n) is 6.18. The van der Waals surface area contributed by atoms with Crippen molar-refractivity contribution in [1.29, 1.82) is 0 Å².